The number of nitrogens with zero attached hydrogens (tertiary/aromatic N) is 1. The minimum atomic E-state index is -0.576. The highest BCUT2D eigenvalue weighted by Crippen LogP contribution is 2.19. The molecule has 7 heteroatoms. The first-order valence-electron chi connectivity index (χ1n) is 5.69. The van der Waals surface area contributed by atoms with Gasteiger partial charge in [-0.3, -0.25) is 0 Å². The summed E-state index contributed by atoms with van der Waals surface area (Å²) in [6.45, 7) is 0.572. The fraction of sp³-hybridized carbons (Fsp3) is 0.417. The molecule has 0 unspecified atom stereocenters. The SMILES string of the molecule is COCCN(CCO)C(=O)Nc1cc(Cl)ccc1F. The minimum absolute atomic E-state index is 0.00198. The molecule has 0 aromatic heterocycles. The van der Waals surface area contributed by atoms with Gasteiger partial charge >= 0.3 is 6.03 Å². The van der Waals surface area contributed by atoms with E-state index >= 15 is 0 Å². The number of hydrogen-bond acceptors (Lipinski definition) is 3. The average Bonchev–Trinajstić information content (AvgIpc) is 2.38. The van der Waals surface area contributed by atoms with Crippen LogP contribution in [0.3, 0.4) is 0 Å². The van der Waals surface area contributed by atoms with E-state index in [9.17, 15) is 9.18 Å². The molecule has 0 aliphatic carbocycles. The van der Waals surface area contributed by atoms with Gasteiger partial charge in [0.1, 0.15) is 5.82 Å². The molecule has 0 fully saturated rings. The van der Waals surface area contributed by atoms with Crippen molar-refractivity contribution in [2.45, 2.75) is 0 Å². The molecule has 19 heavy (non-hydrogen) atoms. The Bertz CT molecular complexity index is 431. The monoisotopic (exact) mass is 290 g/mol. The Morgan fingerprint density at radius 3 is 2.89 bits per heavy atom. The van der Waals surface area contributed by atoms with Crippen molar-refractivity contribution in [3.63, 3.8) is 0 Å². The standard InChI is InChI=1S/C12H16ClFN2O3/c1-19-7-5-16(4-6-17)12(18)15-11-8-9(13)2-3-10(11)14/h2-3,8,17H,4-7H2,1H3,(H,15,18). The number of aliphatic hydroxyl groups excluding tert-OH is 1. The number of halogens is 2. The Morgan fingerprint density at radius 2 is 2.26 bits per heavy atom. The molecule has 1 aromatic rings. The number of anilines is 1. The molecule has 0 radical (unpaired) electrons. The summed E-state index contributed by atoms with van der Waals surface area (Å²) in [6, 6.07) is 3.36. The number of rotatable bonds is 6. The predicted molar refractivity (Wildman–Crippen MR) is 71.0 cm³/mol. The van der Waals surface area contributed by atoms with Crippen molar-refractivity contribution in [2.24, 2.45) is 0 Å². The lowest BCUT2D eigenvalue weighted by Crippen LogP contribution is -2.39. The fourth-order valence-corrected chi connectivity index (χ4v) is 1.60. The topological polar surface area (TPSA) is 61.8 Å². The highest BCUT2D eigenvalue weighted by atomic mass is 35.5. The number of nitrogens with one attached hydrogen (secondary N) is 1. The summed E-state index contributed by atoms with van der Waals surface area (Å²) >= 11 is 5.73. The molecule has 0 atom stereocenters. The third kappa shape index (κ3) is 5.02. The van der Waals surface area contributed by atoms with Crippen LogP contribution in [0.25, 0.3) is 0 Å². The van der Waals surface area contributed by atoms with Gasteiger partial charge in [0.05, 0.1) is 18.9 Å². The summed E-state index contributed by atoms with van der Waals surface area (Å²) < 4.78 is 18.3. The first kappa shape index (κ1) is 15.7. The van der Waals surface area contributed by atoms with E-state index in [1.54, 1.807) is 0 Å². The predicted octanol–water partition coefficient (Wildman–Crippen LogP) is 1.95. The summed E-state index contributed by atoms with van der Waals surface area (Å²) in [5.41, 5.74) is -0.00198. The third-order valence-electron chi connectivity index (χ3n) is 2.39. The van der Waals surface area contributed by atoms with Crippen molar-refractivity contribution in [3.05, 3.63) is 29.0 Å². The highest BCUT2D eigenvalue weighted by molar-refractivity contribution is 6.30. The van der Waals surface area contributed by atoms with E-state index in [0.717, 1.165) is 0 Å². The fourth-order valence-electron chi connectivity index (χ4n) is 1.42. The van der Waals surface area contributed by atoms with Gasteiger partial charge in [-0.25, -0.2) is 9.18 Å². The lowest BCUT2D eigenvalue weighted by molar-refractivity contribution is 0.142. The molecule has 0 aliphatic rings. The molecule has 2 amide bonds. The Balaban J connectivity index is 2.71. The van der Waals surface area contributed by atoms with Crippen molar-refractivity contribution >= 4 is 23.3 Å². The van der Waals surface area contributed by atoms with E-state index < -0.39 is 11.8 Å². The highest BCUT2D eigenvalue weighted by Gasteiger charge is 2.14. The van der Waals surface area contributed by atoms with Crippen molar-refractivity contribution in [2.75, 3.05) is 38.7 Å². The molecule has 0 spiro atoms. The number of urea groups is 1. The zero-order chi connectivity index (χ0) is 14.3. The van der Waals surface area contributed by atoms with Gasteiger partial charge in [0, 0.05) is 25.2 Å². The van der Waals surface area contributed by atoms with E-state index in [0.29, 0.717) is 18.2 Å². The maximum atomic E-state index is 13.5. The molecule has 0 saturated carbocycles. The summed E-state index contributed by atoms with van der Waals surface area (Å²) in [7, 11) is 1.51. The summed E-state index contributed by atoms with van der Waals surface area (Å²) in [5, 5.41) is 11.6. The first-order chi connectivity index (χ1) is 9.08. The van der Waals surface area contributed by atoms with Gasteiger partial charge in [0.15, 0.2) is 0 Å². The van der Waals surface area contributed by atoms with Crippen LogP contribution in [0.4, 0.5) is 14.9 Å². The van der Waals surface area contributed by atoms with Gasteiger partial charge in [0.2, 0.25) is 0 Å². The average molecular weight is 291 g/mol. The molecule has 1 rings (SSSR count). The smallest absolute Gasteiger partial charge is 0.322 e. The Morgan fingerprint density at radius 1 is 1.53 bits per heavy atom. The van der Waals surface area contributed by atoms with Crippen molar-refractivity contribution in [1.29, 1.82) is 0 Å². The number of amides is 2. The van der Waals surface area contributed by atoms with Crippen molar-refractivity contribution in [1.82, 2.24) is 4.90 Å². The maximum absolute atomic E-state index is 13.5. The number of ether oxygens (including phenoxy) is 1. The number of aliphatic hydroxyl groups is 1. The summed E-state index contributed by atoms with van der Waals surface area (Å²) in [5.74, 6) is -0.576. The molecule has 0 bridgehead atoms. The van der Waals surface area contributed by atoms with Crippen LogP contribution < -0.4 is 5.32 Å². The van der Waals surface area contributed by atoms with E-state index in [1.165, 1.54) is 30.2 Å². The molecule has 106 valence electrons. The molecular formula is C12H16ClFN2O3. The molecule has 5 nitrogen and oxygen atoms in total. The van der Waals surface area contributed by atoms with Crippen LogP contribution in [0.5, 0.6) is 0 Å². The maximum Gasteiger partial charge on any atom is 0.322 e. The van der Waals surface area contributed by atoms with Crippen LogP contribution in [0.2, 0.25) is 5.02 Å². The van der Waals surface area contributed by atoms with E-state index in [1.807, 2.05) is 0 Å². The Kier molecular flexibility index (Phi) is 6.55. The van der Waals surface area contributed by atoms with Gasteiger partial charge in [0.25, 0.3) is 0 Å². The second-order valence-electron chi connectivity index (χ2n) is 3.76. The van der Waals surface area contributed by atoms with Crippen LogP contribution in [0.1, 0.15) is 0 Å². The Hall–Kier alpha value is -1.37. The van der Waals surface area contributed by atoms with Crippen molar-refractivity contribution in [3.8, 4) is 0 Å². The van der Waals surface area contributed by atoms with Gasteiger partial charge in [-0.2, -0.15) is 0 Å². The lowest BCUT2D eigenvalue weighted by atomic mass is 10.3. The largest absolute Gasteiger partial charge is 0.395 e. The second kappa shape index (κ2) is 7.93. The molecule has 0 aliphatic heterocycles. The molecular weight excluding hydrogens is 275 g/mol. The molecule has 0 heterocycles. The quantitative estimate of drug-likeness (QED) is 0.842. The second-order valence-corrected chi connectivity index (χ2v) is 4.19. The van der Waals surface area contributed by atoms with Gasteiger partial charge in [-0.05, 0) is 18.2 Å². The molecule has 1 aromatic carbocycles. The van der Waals surface area contributed by atoms with Crippen LogP contribution >= 0.6 is 11.6 Å². The van der Waals surface area contributed by atoms with E-state index in [4.69, 9.17) is 21.4 Å². The van der Waals surface area contributed by atoms with Gasteiger partial charge in [-0.15, -0.1) is 0 Å². The summed E-state index contributed by atoms with van der Waals surface area (Å²) in [4.78, 5) is 13.2. The number of benzene rings is 1. The lowest BCUT2D eigenvalue weighted by Gasteiger charge is -2.22. The number of hydrogen-bond donors (Lipinski definition) is 2. The van der Waals surface area contributed by atoms with Crippen LogP contribution in [-0.2, 0) is 4.74 Å². The van der Waals surface area contributed by atoms with Gasteiger partial charge < -0.3 is 20.1 Å². The zero-order valence-corrected chi connectivity index (χ0v) is 11.3. The number of carbonyl (C=O) groups is 1. The van der Waals surface area contributed by atoms with Gasteiger partial charge in [-0.1, -0.05) is 11.6 Å². The van der Waals surface area contributed by atoms with Crippen LogP contribution in [0, 0.1) is 5.82 Å². The van der Waals surface area contributed by atoms with Crippen LogP contribution in [-0.4, -0.2) is 49.5 Å². The first-order valence-corrected chi connectivity index (χ1v) is 6.07. The van der Waals surface area contributed by atoms with E-state index in [-0.39, 0.29) is 18.8 Å². The molecule has 2 N–H and O–H groups in total. The third-order valence-corrected chi connectivity index (χ3v) is 2.63. The summed E-state index contributed by atoms with van der Waals surface area (Å²) in [6.07, 6.45) is 0. The van der Waals surface area contributed by atoms with Crippen LogP contribution in [0.15, 0.2) is 18.2 Å². The zero-order valence-electron chi connectivity index (χ0n) is 10.5. The normalized spacial score (nSPS) is 10.3. The number of carbonyl (C=O) groups excluding carboxylic acids is 1. The minimum Gasteiger partial charge on any atom is -0.395 e. The van der Waals surface area contributed by atoms with Crippen molar-refractivity contribution < 1.29 is 19.0 Å². The molecule has 0 saturated heterocycles. The Labute approximate surface area is 115 Å². The van der Waals surface area contributed by atoms with E-state index in [2.05, 4.69) is 5.32 Å². The number of methoxy groups -OCH3 is 1.